The molecule has 0 amide bonds. The van der Waals surface area contributed by atoms with Gasteiger partial charge in [-0.2, -0.15) is 0 Å². The van der Waals surface area contributed by atoms with Gasteiger partial charge in [0.15, 0.2) is 0 Å². The quantitative estimate of drug-likeness (QED) is 0.441. The Kier molecular flexibility index (Phi) is 6.21. The summed E-state index contributed by atoms with van der Waals surface area (Å²) in [5.41, 5.74) is 4.99. The molecular weight excluding hydrogens is 362 g/mol. The first kappa shape index (κ1) is 22.1. The Labute approximate surface area is 186 Å². The minimum atomic E-state index is 0.639. The summed E-state index contributed by atoms with van der Waals surface area (Å²) < 4.78 is 0. The molecule has 5 aliphatic carbocycles. The van der Waals surface area contributed by atoms with E-state index in [4.69, 9.17) is 5.41 Å². The Morgan fingerprint density at radius 1 is 1.17 bits per heavy atom. The van der Waals surface area contributed by atoms with Gasteiger partial charge in [0, 0.05) is 5.71 Å². The van der Waals surface area contributed by atoms with Crippen molar-refractivity contribution < 1.29 is 0 Å². The zero-order chi connectivity index (χ0) is 21.5. The Hall–Kier alpha value is -1.11. The molecular formula is C29H45N. The van der Waals surface area contributed by atoms with Crippen molar-refractivity contribution in [3.63, 3.8) is 0 Å². The van der Waals surface area contributed by atoms with E-state index >= 15 is 0 Å². The first-order chi connectivity index (χ1) is 14.3. The summed E-state index contributed by atoms with van der Waals surface area (Å²) in [5, 5.41) is 8.01. The van der Waals surface area contributed by atoms with E-state index in [1.807, 2.05) is 6.92 Å². The number of allylic oxidation sites excluding steroid dienone is 4. The fraction of sp³-hybridized carbons (Fsp3) is 0.759. The zero-order valence-electron chi connectivity index (χ0n) is 19.9. The van der Waals surface area contributed by atoms with Crippen LogP contribution in [0.3, 0.4) is 0 Å². The van der Waals surface area contributed by atoms with E-state index < -0.39 is 0 Å². The molecule has 0 bridgehead atoms. The molecule has 0 heterocycles. The predicted octanol–water partition coefficient (Wildman–Crippen LogP) is 8.52. The van der Waals surface area contributed by atoms with Crippen LogP contribution in [0.4, 0.5) is 0 Å². The lowest BCUT2D eigenvalue weighted by Crippen LogP contribution is -2.37. The number of rotatable bonds is 5. The van der Waals surface area contributed by atoms with Gasteiger partial charge in [0.1, 0.15) is 0 Å². The molecule has 0 radical (unpaired) electrons. The Bertz CT molecular complexity index is 719. The van der Waals surface area contributed by atoms with Crippen molar-refractivity contribution in [3.05, 3.63) is 36.5 Å². The smallest absolute Gasteiger partial charge is 0.0313 e. The molecule has 0 aromatic carbocycles. The van der Waals surface area contributed by atoms with Gasteiger partial charge < -0.3 is 5.41 Å². The molecule has 5 rings (SSSR count). The van der Waals surface area contributed by atoms with Gasteiger partial charge >= 0.3 is 0 Å². The van der Waals surface area contributed by atoms with Crippen molar-refractivity contribution in [3.8, 4) is 0 Å². The summed E-state index contributed by atoms with van der Waals surface area (Å²) in [6.07, 6.45) is 21.1. The fourth-order valence-corrected chi connectivity index (χ4v) is 8.13. The lowest BCUT2D eigenvalue weighted by molar-refractivity contribution is 0.0564. The second kappa shape index (κ2) is 8.44. The summed E-state index contributed by atoms with van der Waals surface area (Å²) in [6.45, 7) is 14.1. The van der Waals surface area contributed by atoms with Gasteiger partial charge in [0.2, 0.25) is 0 Å². The molecule has 4 fully saturated rings. The molecule has 1 nitrogen and oxygen atoms in total. The first-order valence-corrected chi connectivity index (χ1v) is 12.9. The van der Waals surface area contributed by atoms with Crippen LogP contribution in [0, 0.1) is 45.8 Å². The summed E-state index contributed by atoms with van der Waals surface area (Å²) in [7, 11) is 0. The molecule has 166 valence electrons. The van der Waals surface area contributed by atoms with Gasteiger partial charge in [-0.1, -0.05) is 50.6 Å². The van der Waals surface area contributed by atoms with E-state index in [0.717, 1.165) is 52.7 Å². The summed E-state index contributed by atoms with van der Waals surface area (Å²) in [4.78, 5) is 0. The van der Waals surface area contributed by atoms with Crippen LogP contribution in [0.15, 0.2) is 36.5 Å². The molecule has 5 aliphatic rings. The summed E-state index contributed by atoms with van der Waals surface area (Å²) in [5.74, 6) is 4.98. The van der Waals surface area contributed by atoms with Crippen LogP contribution < -0.4 is 0 Å². The number of nitrogens with one attached hydrogen (secondary N) is 1. The highest BCUT2D eigenvalue weighted by Crippen LogP contribution is 2.76. The van der Waals surface area contributed by atoms with Crippen molar-refractivity contribution in [1.29, 1.82) is 5.41 Å². The monoisotopic (exact) mass is 407 g/mol. The summed E-state index contributed by atoms with van der Waals surface area (Å²) >= 11 is 0. The van der Waals surface area contributed by atoms with Gasteiger partial charge in [0.05, 0.1) is 0 Å². The van der Waals surface area contributed by atoms with Crippen LogP contribution in [0.25, 0.3) is 0 Å². The normalized spacial score (nSPS) is 38.9. The Morgan fingerprint density at radius 2 is 1.87 bits per heavy atom. The van der Waals surface area contributed by atoms with E-state index in [-0.39, 0.29) is 0 Å². The van der Waals surface area contributed by atoms with Crippen LogP contribution >= 0.6 is 0 Å². The maximum atomic E-state index is 8.01. The predicted molar refractivity (Wildman–Crippen MR) is 130 cm³/mol. The average molecular weight is 408 g/mol. The van der Waals surface area contributed by atoms with Crippen LogP contribution in [0.1, 0.15) is 97.8 Å². The van der Waals surface area contributed by atoms with E-state index in [1.165, 1.54) is 38.5 Å². The third kappa shape index (κ3) is 4.15. The highest BCUT2D eigenvalue weighted by molar-refractivity contribution is 5.93. The minimum absolute atomic E-state index is 0.639. The molecule has 5 atom stereocenters. The topological polar surface area (TPSA) is 23.9 Å². The molecule has 0 aromatic heterocycles. The maximum Gasteiger partial charge on any atom is 0.0313 e. The van der Waals surface area contributed by atoms with Gasteiger partial charge in [0.25, 0.3) is 0 Å². The maximum absolute atomic E-state index is 8.01. The minimum Gasteiger partial charge on any atom is -0.305 e. The van der Waals surface area contributed by atoms with Gasteiger partial charge in [-0.3, -0.25) is 0 Å². The van der Waals surface area contributed by atoms with Gasteiger partial charge in [-0.25, -0.2) is 0 Å². The van der Waals surface area contributed by atoms with Gasteiger partial charge in [-0.05, 0) is 124 Å². The van der Waals surface area contributed by atoms with Crippen LogP contribution in [-0.4, -0.2) is 5.71 Å². The van der Waals surface area contributed by atoms with Crippen molar-refractivity contribution in [2.75, 3.05) is 0 Å². The molecule has 1 heteroatoms. The third-order valence-corrected chi connectivity index (χ3v) is 9.57. The molecule has 1 N–H and O–H groups in total. The fourth-order valence-electron chi connectivity index (χ4n) is 8.13. The first-order valence-electron chi connectivity index (χ1n) is 12.9. The second-order valence-corrected chi connectivity index (χ2v) is 11.8. The number of hydrogen-bond acceptors (Lipinski definition) is 1. The summed E-state index contributed by atoms with van der Waals surface area (Å²) in [6, 6.07) is 0. The van der Waals surface area contributed by atoms with Crippen molar-refractivity contribution in [1.82, 2.24) is 0 Å². The van der Waals surface area contributed by atoms with Crippen molar-refractivity contribution in [2.45, 2.75) is 97.8 Å². The van der Waals surface area contributed by atoms with Crippen molar-refractivity contribution in [2.24, 2.45) is 40.4 Å². The van der Waals surface area contributed by atoms with E-state index in [2.05, 4.69) is 33.1 Å². The van der Waals surface area contributed by atoms with E-state index in [9.17, 15) is 0 Å². The molecule has 0 aliphatic heterocycles. The lowest BCUT2D eigenvalue weighted by atomic mass is 9.60. The Balaban J connectivity index is 0.000000393. The number of hydrogen-bond donors (Lipinski definition) is 1. The van der Waals surface area contributed by atoms with Gasteiger partial charge in [-0.15, -0.1) is 0 Å². The molecule has 4 saturated carbocycles. The largest absolute Gasteiger partial charge is 0.305 e. The molecule has 0 saturated heterocycles. The molecule has 0 aromatic rings. The third-order valence-electron chi connectivity index (χ3n) is 9.57. The SMILES string of the molecule is C=CC(=C)C.CCCC1(C)C(C2CCC3=CC(=N)CCC3C2)CC2(CC2)C1C1CC1. The lowest BCUT2D eigenvalue weighted by Gasteiger charge is -2.45. The van der Waals surface area contributed by atoms with Crippen molar-refractivity contribution >= 4 is 5.71 Å². The van der Waals surface area contributed by atoms with E-state index in [0.29, 0.717) is 5.41 Å². The molecule has 30 heavy (non-hydrogen) atoms. The van der Waals surface area contributed by atoms with Crippen LogP contribution in [0.2, 0.25) is 0 Å². The highest BCUT2D eigenvalue weighted by atomic mass is 14.7. The van der Waals surface area contributed by atoms with Crippen LogP contribution in [0.5, 0.6) is 0 Å². The Morgan fingerprint density at radius 3 is 2.43 bits per heavy atom. The second-order valence-electron chi connectivity index (χ2n) is 11.8. The number of fused-ring (bicyclic) bond motifs is 1. The van der Waals surface area contributed by atoms with Crippen LogP contribution in [-0.2, 0) is 0 Å². The zero-order valence-corrected chi connectivity index (χ0v) is 19.9. The standard InChI is InChI=1S/C24H37N.C5H8/c1-3-10-23(2)21(15-24(11-12-24)22(23)16-4-5-16)19-7-6-18-14-20(25)9-8-17(18)13-19;1-4-5(2)3/h14,16-17,19,21-22,25H,3-13,15H2,1-2H3;4H,1-2H2,3H3. The average Bonchev–Trinajstić information content (AvgIpc) is 3.64. The molecule has 1 spiro atoms. The highest BCUT2D eigenvalue weighted by Gasteiger charge is 2.68. The molecule has 5 unspecified atom stereocenters. The van der Waals surface area contributed by atoms with E-state index in [1.54, 1.807) is 43.8 Å².